The molecule has 0 saturated carbocycles. The molecule has 0 unspecified atom stereocenters. The van der Waals surface area contributed by atoms with Gasteiger partial charge in [-0.25, -0.2) is 0 Å². The summed E-state index contributed by atoms with van der Waals surface area (Å²) in [7, 11) is 0. The van der Waals surface area contributed by atoms with E-state index in [4.69, 9.17) is 0 Å². The van der Waals surface area contributed by atoms with Crippen molar-refractivity contribution in [2.75, 3.05) is 4.90 Å². The first-order chi connectivity index (χ1) is 20.6. The van der Waals surface area contributed by atoms with Gasteiger partial charge >= 0.3 is 0 Å². The molecule has 1 aliphatic carbocycles. The smallest absolute Gasteiger partial charge is 0.0546 e. The summed E-state index contributed by atoms with van der Waals surface area (Å²) in [6.07, 6.45) is 0. The van der Waals surface area contributed by atoms with Gasteiger partial charge in [-0.05, 0) is 79.9 Å². The SMILES string of the molecule is CC1(C)c2ccccc2-c2cc(N(c3ccccc3)c3ccc(-c4cccc5ccccc45)cc3)c3ccccc3c21. The average Bonchev–Trinajstić information content (AvgIpc) is 3.28. The van der Waals surface area contributed by atoms with Crippen LogP contribution >= 0.6 is 0 Å². The van der Waals surface area contributed by atoms with Gasteiger partial charge in [0.05, 0.1) is 5.69 Å². The lowest BCUT2D eigenvalue weighted by Gasteiger charge is -2.29. The summed E-state index contributed by atoms with van der Waals surface area (Å²) in [6.45, 7) is 4.73. The zero-order valence-electron chi connectivity index (χ0n) is 23.9. The van der Waals surface area contributed by atoms with Gasteiger partial charge in [0.1, 0.15) is 0 Å². The molecule has 1 heteroatoms. The summed E-state index contributed by atoms with van der Waals surface area (Å²) in [5.74, 6) is 0. The third-order valence-corrected chi connectivity index (χ3v) is 9.02. The van der Waals surface area contributed by atoms with E-state index in [1.807, 2.05) is 0 Å². The van der Waals surface area contributed by atoms with E-state index in [2.05, 4.69) is 170 Å². The number of rotatable bonds is 4. The predicted octanol–water partition coefficient (Wildman–Crippen LogP) is 11.4. The Morgan fingerprint density at radius 2 is 1.05 bits per heavy atom. The summed E-state index contributed by atoms with van der Waals surface area (Å²) in [5.41, 5.74) is 11.4. The van der Waals surface area contributed by atoms with Crippen LogP contribution in [0.15, 0.2) is 152 Å². The largest absolute Gasteiger partial charge is 0.310 e. The molecule has 0 aliphatic heterocycles. The first kappa shape index (κ1) is 24.6. The molecule has 42 heavy (non-hydrogen) atoms. The van der Waals surface area contributed by atoms with Gasteiger partial charge in [-0.15, -0.1) is 0 Å². The number of hydrogen-bond acceptors (Lipinski definition) is 1. The molecule has 7 aromatic carbocycles. The maximum atomic E-state index is 2.43. The summed E-state index contributed by atoms with van der Waals surface area (Å²) in [5, 5.41) is 5.12. The lowest BCUT2D eigenvalue weighted by atomic mass is 9.80. The van der Waals surface area contributed by atoms with Crippen molar-refractivity contribution in [2.45, 2.75) is 19.3 Å². The minimum Gasteiger partial charge on any atom is -0.310 e. The molecule has 0 spiro atoms. The second kappa shape index (κ2) is 9.46. The van der Waals surface area contributed by atoms with Crippen molar-refractivity contribution in [2.24, 2.45) is 0 Å². The van der Waals surface area contributed by atoms with E-state index in [1.165, 1.54) is 60.6 Å². The standard InChI is InChI=1S/C41H31N/c1-41(2)38-22-11-10-18-34(38)37-27-39(35-19-8-9-20-36(35)40(37)41)42(30-15-4-3-5-16-30)31-25-23-29(24-26-31)33-21-12-14-28-13-6-7-17-32(28)33/h3-27H,1-2H3. The quantitative estimate of drug-likeness (QED) is 0.216. The van der Waals surface area contributed by atoms with Gasteiger partial charge in [-0.3, -0.25) is 0 Å². The molecule has 200 valence electrons. The monoisotopic (exact) mass is 537 g/mol. The summed E-state index contributed by atoms with van der Waals surface area (Å²) >= 11 is 0. The van der Waals surface area contributed by atoms with Gasteiger partial charge in [-0.1, -0.05) is 135 Å². The molecule has 0 amide bonds. The van der Waals surface area contributed by atoms with Crippen molar-refractivity contribution in [1.82, 2.24) is 0 Å². The molecule has 7 aromatic rings. The van der Waals surface area contributed by atoms with E-state index >= 15 is 0 Å². The highest BCUT2D eigenvalue weighted by Gasteiger charge is 2.37. The van der Waals surface area contributed by atoms with Crippen LogP contribution in [0.1, 0.15) is 25.0 Å². The molecule has 0 N–H and O–H groups in total. The fourth-order valence-corrected chi connectivity index (χ4v) is 7.10. The zero-order valence-corrected chi connectivity index (χ0v) is 23.9. The number of anilines is 3. The molecule has 0 heterocycles. The van der Waals surface area contributed by atoms with Crippen LogP contribution in [0.4, 0.5) is 17.1 Å². The van der Waals surface area contributed by atoms with Crippen molar-refractivity contribution in [3.63, 3.8) is 0 Å². The Balaban J connectivity index is 1.35. The third kappa shape index (κ3) is 3.71. The molecule has 0 fully saturated rings. The van der Waals surface area contributed by atoms with Crippen LogP contribution < -0.4 is 4.90 Å². The molecule has 1 nitrogen and oxygen atoms in total. The predicted molar refractivity (Wildman–Crippen MR) is 179 cm³/mol. The number of para-hydroxylation sites is 1. The number of benzene rings is 7. The van der Waals surface area contributed by atoms with Gasteiger partial charge in [0.2, 0.25) is 0 Å². The van der Waals surface area contributed by atoms with E-state index in [0.717, 1.165) is 11.4 Å². The molecule has 0 saturated heterocycles. The Labute approximate surface area is 247 Å². The Morgan fingerprint density at radius 1 is 0.452 bits per heavy atom. The van der Waals surface area contributed by atoms with E-state index in [1.54, 1.807) is 0 Å². The summed E-state index contributed by atoms with van der Waals surface area (Å²) in [4.78, 5) is 2.42. The van der Waals surface area contributed by atoms with Crippen molar-refractivity contribution in [3.8, 4) is 22.3 Å². The Morgan fingerprint density at radius 3 is 1.86 bits per heavy atom. The molecule has 8 rings (SSSR count). The Kier molecular flexibility index (Phi) is 5.55. The number of hydrogen-bond donors (Lipinski definition) is 0. The van der Waals surface area contributed by atoms with E-state index in [0.29, 0.717) is 0 Å². The molecular weight excluding hydrogens is 506 g/mol. The van der Waals surface area contributed by atoms with Crippen LogP contribution in [0.3, 0.4) is 0 Å². The molecule has 1 aliphatic rings. The van der Waals surface area contributed by atoms with Crippen LogP contribution in [0.5, 0.6) is 0 Å². The Bertz CT molecular complexity index is 2100. The first-order valence-corrected chi connectivity index (χ1v) is 14.7. The molecule has 0 radical (unpaired) electrons. The van der Waals surface area contributed by atoms with Gasteiger partial charge in [-0.2, -0.15) is 0 Å². The van der Waals surface area contributed by atoms with E-state index in [-0.39, 0.29) is 5.41 Å². The highest BCUT2D eigenvalue weighted by atomic mass is 15.1. The summed E-state index contributed by atoms with van der Waals surface area (Å²) in [6, 6.07) is 55.3. The van der Waals surface area contributed by atoms with E-state index < -0.39 is 0 Å². The van der Waals surface area contributed by atoms with Crippen LogP contribution in [0.2, 0.25) is 0 Å². The fourth-order valence-electron chi connectivity index (χ4n) is 7.10. The highest BCUT2D eigenvalue weighted by Crippen LogP contribution is 2.54. The minimum atomic E-state index is -0.0677. The van der Waals surface area contributed by atoms with Gasteiger partial charge in [0, 0.05) is 22.2 Å². The van der Waals surface area contributed by atoms with Crippen molar-refractivity contribution in [3.05, 3.63) is 163 Å². The Hall–Kier alpha value is -5.14. The van der Waals surface area contributed by atoms with Crippen LogP contribution in [0.25, 0.3) is 43.8 Å². The van der Waals surface area contributed by atoms with E-state index in [9.17, 15) is 0 Å². The maximum Gasteiger partial charge on any atom is 0.0546 e. The van der Waals surface area contributed by atoms with Gasteiger partial charge in [0.25, 0.3) is 0 Å². The summed E-state index contributed by atoms with van der Waals surface area (Å²) < 4.78 is 0. The number of fused-ring (bicyclic) bond motifs is 6. The molecule has 0 atom stereocenters. The maximum absolute atomic E-state index is 2.43. The van der Waals surface area contributed by atoms with Crippen LogP contribution in [-0.4, -0.2) is 0 Å². The third-order valence-electron chi connectivity index (χ3n) is 9.02. The van der Waals surface area contributed by atoms with Crippen LogP contribution in [0, 0.1) is 0 Å². The van der Waals surface area contributed by atoms with Crippen molar-refractivity contribution in [1.29, 1.82) is 0 Å². The topological polar surface area (TPSA) is 3.24 Å². The molecule has 0 bridgehead atoms. The molecule has 0 aromatic heterocycles. The second-order valence-electron chi connectivity index (χ2n) is 11.8. The van der Waals surface area contributed by atoms with Crippen molar-refractivity contribution < 1.29 is 0 Å². The van der Waals surface area contributed by atoms with Gasteiger partial charge in [0.15, 0.2) is 0 Å². The number of nitrogens with zero attached hydrogens (tertiary/aromatic N) is 1. The van der Waals surface area contributed by atoms with Crippen molar-refractivity contribution >= 4 is 38.6 Å². The fraction of sp³-hybridized carbons (Fsp3) is 0.0732. The molecular formula is C41H31N. The average molecular weight is 538 g/mol. The van der Waals surface area contributed by atoms with Crippen LogP contribution in [-0.2, 0) is 5.41 Å². The lowest BCUT2D eigenvalue weighted by molar-refractivity contribution is 0.666. The second-order valence-corrected chi connectivity index (χ2v) is 11.8. The highest BCUT2D eigenvalue weighted by molar-refractivity contribution is 6.07. The minimum absolute atomic E-state index is 0.0677. The normalized spacial score (nSPS) is 13.2. The zero-order chi connectivity index (χ0) is 28.3. The first-order valence-electron chi connectivity index (χ1n) is 14.7. The van der Waals surface area contributed by atoms with Gasteiger partial charge < -0.3 is 4.90 Å². The lowest BCUT2D eigenvalue weighted by Crippen LogP contribution is -2.16.